The molecule has 3 atom stereocenters. The van der Waals surface area contributed by atoms with E-state index in [9.17, 15) is 13.2 Å². The Labute approximate surface area is 100 Å². The SMILES string of the molecule is NCC1CCC(C(=O)NC2C=CS(=O)(=O)C2)O1. The number of hydrogen-bond donors (Lipinski definition) is 2. The van der Waals surface area contributed by atoms with Crippen molar-refractivity contribution in [2.45, 2.75) is 31.1 Å². The number of carbonyl (C=O) groups is 1. The van der Waals surface area contributed by atoms with Crippen molar-refractivity contribution in [2.24, 2.45) is 5.73 Å². The summed E-state index contributed by atoms with van der Waals surface area (Å²) in [5, 5.41) is 3.79. The molecule has 0 bridgehead atoms. The molecule has 0 aliphatic carbocycles. The molecule has 17 heavy (non-hydrogen) atoms. The number of ether oxygens (including phenoxy) is 1. The van der Waals surface area contributed by atoms with E-state index in [0.717, 1.165) is 11.8 Å². The lowest BCUT2D eigenvalue weighted by Crippen LogP contribution is -2.42. The maximum Gasteiger partial charge on any atom is 0.249 e. The van der Waals surface area contributed by atoms with Gasteiger partial charge in [-0.25, -0.2) is 8.42 Å². The molecule has 2 heterocycles. The number of hydrogen-bond acceptors (Lipinski definition) is 5. The molecule has 1 saturated heterocycles. The fourth-order valence-electron chi connectivity index (χ4n) is 2.01. The van der Waals surface area contributed by atoms with Crippen molar-refractivity contribution >= 4 is 15.7 Å². The van der Waals surface area contributed by atoms with Gasteiger partial charge in [0.2, 0.25) is 5.91 Å². The van der Waals surface area contributed by atoms with Crippen LogP contribution < -0.4 is 11.1 Å². The van der Waals surface area contributed by atoms with E-state index in [1.807, 2.05) is 0 Å². The molecule has 2 aliphatic heterocycles. The van der Waals surface area contributed by atoms with E-state index in [1.165, 1.54) is 6.08 Å². The smallest absolute Gasteiger partial charge is 0.249 e. The van der Waals surface area contributed by atoms with Gasteiger partial charge in [-0.1, -0.05) is 0 Å². The second-order valence-corrected chi connectivity index (χ2v) is 6.26. The van der Waals surface area contributed by atoms with Crippen molar-refractivity contribution in [2.75, 3.05) is 12.3 Å². The first-order valence-electron chi connectivity index (χ1n) is 5.57. The van der Waals surface area contributed by atoms with Gasteiger partial charge in [0.1, 0.15) is 6.10 Å². The molecule has 1 amide bonds. The molecule has 6 nitrogen and oxygen atoms in total. The molecule has 0 saturated carbocycles. The summed E-state index contributed by atoms with van der Waals surface area (Å²) in [4.78, 5) is 11.8. The second-order valence-electron chi connectivity index (χ2n) is 4.33. The Morgan fingerprint density at radius 2 is 2.24 bits per heavy atom. The molecule has 1 fully saturated rings. The third-order valence-corrected chi connectivity index (χ3v) is 4.32. The van der Waals surface area contributed by atoms with Gasteiger partial charge in [0.05, 0.1) is 17.9 Å². The molecule has 3 N–H and O–H groups in total. The van der Waals surface area contributed by atoms with Gasteiger partial charge in [-0.15, -0.1) is 0 Å². The molecule has 2 aliphatic rings. The maximum absolute atomic E-state index is 11.8. The van der Waals surface area contributed by atoms with Crippen LogP contribution in [0.5, 0.6) is 0 Å². The predicted molar refractivity (Wildman–Crippen MR) is 61.8 cm³/mol. The normalized spacial score (nSPS) is 35.0. The summed E-state index contributed by atoms with van der Waals surface area (Å²) < 4.78 is 27.7. The highest BCUT2D eigenvalue weighted by molar-refractivity contribution is 7.94. The number of nitrogens with one attached hydrogen (secondary N) is 1. The topological polar surface area (TPSA) is 98.5 Å². The second kappa shape index (κ2) is 4.75. The Hall–Kier alpha value is -0.920. The van der Waals surface area contributed by atoms with Crippen molar-refractivity contribution in [1.29, 1.82) is 0 Å². The zero-order chi connectivity index (χ0) is 12.5. The summed E-state index contributed by atoms with van der Waals surface area (Å²) in [6.07, 6.45) is 2.33. The highest BCUT2D eigenvalue weighted by atomic mass is 32.2. The van der Waals surface area contributed by atoms with Crippen molar-refractivity contribution < 1.29 is 17.9 Å². The minimum Gasteiger partial charge on any atom is -0.364 e. The quantitative estimate of drug-likeness (QED) is 0.672. The number of nitrogens with two attached hydrogens (primary N) is 1. The monoisotopic (exact) mass is 260 g/mol. The van der Waals surface area contributed by atoms with Gasteiger partial charge in [-0.3, -0.25) is 4.79 Å². The largest absolute Gasteiger partial charge is 0.364 e. The molecule has 0 aromatic heterocycles. The zero-order valence-electron chi connectivity index (χ0n) is 9.33. The van der Waals surface area contributed by atoms with Crippen LogP contribution in [0.25, 0.3) is 0 Å². The predicted octanol–water partition coefficient (Wildman–Crippen LogP) is -1.08. The highest BCUT2D eigenvalue weighted by Crippen LogP contribution is 2.19. The van der Waals surface area contributed by atoms with Gasteiger partial charge in [-0.05, 0) is 18.9 Å². The summed E-state index contributed by atoms with van der Waals surface area (Å²) in [7, 11) is -3.14. The lowest BCUT2D eigenvalue weighted by molar-refractivity contribution is -0.132. The fourth-order valence-corrected chi connectivity index (χ4v) is 3.25. The van der Waals surface area contributed by atoms with E-state index >= 15 is 0 Å². The standard InChI is InChI=1S/C10H16N2O4S/c11-5-8-1-2-9(16-8)10(13)12-7-3-4-17(14,15)6-7/h3-4,7-9H,1-2,5-6,11H2,(H,12,13). The number of sulfone groups is 1. The summed E-state index contributed by atoms with van der Waals surface area (Å²) >= 11 is 0. The van der Waals surface area contributed by atoms with E-state index < -0.39 is 22.0 Å². The molecule has 0 aromatic rings. The van der Waals surface area contributed by atoms with Crippen LogP contribution in [0, 0.1) is 0 Å². The first-order chi connectivity index (χ1) is 8.00. The Kier molecular flexibility index (Phi) is 3.50. The van der Waals surface area contributed by atoms with Crippen molar-refractivity contribution in [3.63, 3.8) is 0 Å². The molecular weight excluding hydrogens is 244 g/mol. The van der Waals surface area contributed by atoms with Gasteiger partial charge in [0.15, 0.2) is 9.84 Å². The molecule has 0 radical (unpaired) electrons. The van der Waals surface area contributed by atoms with E-state index in [2.05, 4.69) is 5.32 Å². The van der Waals surface area contributed by atoms with E-state index in [4.69, 9.17) is 10.5 Å². The number of carbonyl (C=O) groups excluding carboxylic acids is 1. The van der Waals surface area contributed by atoms with E-state index in [0.29, 0.717) is 13.0 Å². The van der Waals surface area contributed by atoms with Crippen LogP contribution in [0.1, 0.15) is 12.8 Å². The average molecular weight is 260 g/mol. The first kappa shape index (κ1) is 12.5. The molecule has 2 rings (SSSR count). The van der Waals surface area contributed by atoms with Crippen LogP contribution in [0.15, 0.2) is 11.5 Å². The van der Waals surface area contributed by atoms with Gasteiger partial charge in [0, 0.05) is 12.0 Å². The fraction of sp³-hybridized carbons (Fsp3) is 0.700. The summed E-state index contributed by atoms with van der Waals surface area (Å²) in [6.45, 7) is 0.404. The number of rotatable bonds is 3. The van der Waals surface area contributed by atoms with Crippen LogP contribution >= 0.6 is 0 Å². The maximum atomic E-state index is 11.8. The van der Waals surface area contributed by atoms with Crippen LogP contribution in [-0.2, 0) is 19.4 Å². The van der Waals surface area contributed by atoms with Crippen LogP contribution in [0.2, 0.25) is 0 Å². The van der Waals surface area contributed by atoms with Crippen LogP contribution in [0.3, 0.4) is 0 Å². The van der Waals surface area contributed by atoms with Gasteiger partial charge in [0.25, 0.3) is 0 Å². The Morgan fingerprint density at radius 3 is 2.76 bits per heavy atom. The average Bonchev–Trinajstić information content (AvgIpc) is 2.85. The van der Waals surface area contributed by atoms with Gasteiger partial charge < -0.3 is 15.8 Å². The van der Waals surface area contributed by atoms with Crippen molar-refractivity contribution in [3.8, 4) is 0 Å². The van der Waals surface area contributed by atoms with Crippen molar-refractivity contribution in [3.05, 3.63) is 11.5 Å². The molecule has 7 heteroatoms. The third kappa shape index (κ3) is 3.05. The third-order valence-electron chi connectivity index (χ3n) is 2.92. The lowest BCUT2D eigenvalue weighted by atomic mass is 10.2. The van der Waals surface area contributed by atoms with Crippen molar-refractivity contribution in [1.82, 2.24) is 5.32 Å². The minimum atomic E-state index is -3.14. The number of amides is 1. The Bertz CT molecular complexity index is 432. The first-order valence-corrected chi connectivity index (χ1v) is 7.28. The minimum absolute atomic E-state index is 0.0615. The van der Waals surface area contributed by atoms with Gasteiger partial charge in [-0.2, -0.15) is 0 Å². The Balaban J connectivity index is 1.85. The molecule has 3 unspecified atom stereocenters. The molecular formula is C10H16N2O4S. The molecule has 96 valence electrons. The van der Waals surface area contributed by atoms with Crippen LogP contribution in [0.4, 0.5) is 0 Å². The van der Waals surface area contributed by atoms with E-state index in [1.54, 1.807) is 0 Å². The van der Waals surface area contributed by atoms with E-state index in [-0.39, 0.29) is 17.8 Å². The zero-order valence-corrected chi connectivity index (χ0v) is 10.2. The summed E-state index contributed by atoms with van der Waals surface area (Å²) in [6, 6.07) is -0.437. The summed E-state index contributed by atoms with van der Waals surface area (Å²) in [5.74, 6) is -0.320. The molecule has 0 aromatic carbocycles. The summed E-state index contributed by atoms with van der Waals surface area (Å²) in [5.41, 5.74) is 5.45. The highest BCUT2D eigenvalue weighted by Gasteiger charge is 2.32. The molecule has 0 spiro atoms. The lowest BCUT2D eigenvalue weighted by Gasteiger charge is -2.15. The Morgan fingerprint density at radius 1 is 1.47 bits per heavy atom. The van der Waals surface area contributed by atoms with Gasteiger partial charge >= 0.3 is 0 Å². The van der Waals surface area contributed by atoms with Crippen LogP contribution in [-0.4, -0.2) is 44.9 Å².